The average molecular weight is 385 g/mol. The van der Waals surface area contributed by atoms with Gasteiger partial charge in [0.05, 0.1) is 6.04 Å². The van der Waals surface area contributed by atoms with Crippen molar-refractivity contribution in [1.29, 1.82) is 0 Å². The van der Waals surface area contributed by atoms with E-state index in [4.69, 9.17) is 0 Å². The molecule has 27 heavy (non-hydrogen) atoms. The first kappa shape index (κ1) is 19.6. The van der Waals surface area contributed by atoms with E-state index in [1.54, 1.807) is 11.3 Å². The van der Waals surface area contributed by atoms with Crippen LogP contribution in [0.3, 0.4) is 0 Å². The fourth-order valence-corrected chi connectivity index (χ4v) is 4.62. The van der Waals surface area contributed by atoms with E-state index >= 15 is 0 Å². The summed E-state index contributed by atoms with van der Waals surface area (Å²) in [7, 11) is 0. The zero-order valence-corrected chi connectivity index (χ0v) is 16.9. The van der Waals surface area contributed by atoms with Crippen molar-refractivity contribution in [1.82, 2.24) is 10.6 Å². The summed E-state index contributed by atoms with van der Waals surface area (Å²) in [5.74, 6) is 0.146. The van der Waals surface area contributed by atoms with Gasteiger partial charge >= 0.3 is 0 Å². The first-order chi connectivity index (χ1) is 13.0. The molecule has 2 heterocycles. The lowest BCUT2D eigenvalue weighted by Gasteiger charge is -2.29. The smallest absolute Gasteiger partial charge is 0.220 e. The van der Waals surface area contributed by atoms with Crippen LogP contribution >= 0.6 is 11.3 Å². The van der Waals surface area contributed by atoms with Crippen molar-refractivity contribution in [2.24, 2.45) is 0 Å². The van der Waals surface area contributed by atoms with E-state index in [0.717, 1.165) is 19.3 Å². The standard InChI is InChI=1S/C22H28N2O2S/c1-3-18(19-5-4-14-27-19)23-20(25)10-12-22(13-11-21(26)24-22)15-17-8-6-16(2)7-9-17/h4-9,14,18H,3,10-13,15H2,1-2H3,(H,23,25)(H,24,26). The van der Waals surface area contributed by atoms with Crippen molar-refractivity contribution < 1.29 is 9.59 Å². The molecule has 0 saturated carbocycles. The van der Waals surface area contributed by atoms with Crippen molar-refractivity contribution >= 4 is 23.2 Å². The van der Waals surface area contributed by atoms with Gasteiger partial charge in [-0.15, -0.1) is 11.3 Å². The summed E-state index contributed by atoms with van der Waals surface area (Å²) < 4.78 is 0. The summed E-state index contributed by atoms with van der Waals surface area (Å²) in [6.07, 6.45) is 4.06. The quantitative estimate of drug-likeness (QED) is 0.713. The SMILES string of the molecule is CCC(NC(=O)CCC1(Cc2ccc(C)cc2)CCC(=O)N1)c1cccs1. The molecule has 3 rings (SSSR count). The predicted molar refractivity (Wildman–Crippen MR) is 110 cm³/mol. The maximum absolute atomic E-state index is 12.6. The van der Waals surface area contributed by atoms with Crippen molar-refractivity contribution in [2.45, 2.75) is 64.0 Å². The Bertz CT molecular complexity index is 770. The second kappa shape index (κ2) is 8.70. The Hall–Kier alpha value is -2.14. The maximum atomic E-state index is 12.6. The van der Waals surface area contributed by atoms with Crippen LogP contribution in [-0.4, -0.2) is 17.4 Å². The Morgan fingerprint density at radius 1 is 1.30 bits per heavy atom. The van der Waals surface area contributed by atoms with E-state index < -0.39 is 0 Å². The number of hydrogen-bond acceptors (Lipinski definition) is 3. The molecule has 2 N–H and O–H groups in total. The molecule has 1 saturated heterocycles. The van der Waals surface area contributed by atoms with E-state index in [0.29, 0.717) is 19.3 Å². The molecule has 2 unspecified atom stereocenters. The molecule has 144 valence electrons. The van der Waals surface area contributed by atoms with Gasteiger partial charge in [0.25, 0.3) is 0 Å². The zero-order valence-electron chi connectivity index (χ0n) is 16.1. The highest BCUT2D eigenvalue weighted by Crippen LogP contribution is 2.30. The lowest BCUT2D eigenvalue weighted by Crippen LogP contribution is -2.44. The molecule has 5 heteroatoms. The first-order valence-electron chi connectivity index (χ1n) is 9.69. The predicted octanol–water partition coefficient (Wildman–Crippen LogP) is 4.30. The molecule has 2 atom stereocenters. The van der Waals surface area contributed by atoms with Gasteiger partial charge in [0, 0.05) is 23.3 Å². The number of thiophene rings is 1. The number of carbonyl (C=O) groups excluding carboxylic acids is 2. The second-order valence-electron chi connectivity index (χ2n) is 7.53. The van der Waals surface area contributed by atoms with Crippen LogP contribution in [0.15, 0.2) is 41.8 Å². The average Bonchev–Trinajstić information content (AvgIpc) is 3.31. The third-order valence-electron chi connectivity index (χ3n) is 5.36. The Morgan fingerprint density at radius 2 is 2.07 bits per heavy atom. The van der Waals surface area contributed by atoms with E-state index in [1.165, 1.54) is 16.0 Å². The Balaban J connectivity index is 1.62. The number of amides is 2. The number of carbonyl (C=O) groups is 2. The summed E-state index contributed by atoms with van der Waals surface area (Å²) in [6.45, 7) is 4.15. The monoisotopic (exact) mass is 384 g/mol. The van der Waals surface area contributed by atoms with E-state index in [-0.39, 0.29) is 23.4 Å². The van der Waals surface area contributed by atoms with Gasteiger partial charge in [-0.3, -0.25) is 9.59 Å². The molecule has 1 aliphatic rings. The maximum Gasteiger partial charge on any atom is 0.220 e. The Labute approximate surface area is 165 Å². The molecular formula is C22H28N2O2S. The van der Waals surface area contributed by atoms with E-state index in [2.05, 4.69) is 54.8 Å². The van der Waals surface area contributed by atoms with Crippen LogP contribution < -0.4 is 10.6 Å². The minimum absolute atomic E-state index is 0.0553. The third-order valence-corrected chi connectivity index (χ3v) is 6.35. The van der Waals surface area contributed by atoms with Crippen LogP contribution in [0, 0.1) is 6.92 Å². The van der Waals surface area contributed by atoms with Gasteiger partial charge in [0.2, 0.25) is 11.8 Å². The lowest BCUT2D eigenvalue weighted by molar-refractivity contribution is -0.123. The number of aryl methyl sites for hydroxylation is 1. The molecule has 2 amide bonds. The lowest BCUT2D eigenvalue weighted by atomic mass is 9.84. The number of hydrogen-bond donors (Lipinski definition) is 2. The van der Waals surface area contributed by atoms with Crippen molar-refractivity contribution in [2.75, 3.05) is 0 Å². The Morgan fingerprint density at radius 3 is 2.67 bits per heavy atom. The molecule has 2 aromatic rings. The van der Waals surface area contributed by atoms with Gasteiger partial charge < -0.3 is 10.6 Å². The number of nitrogens with one attached hydrogen (secondary N) is 2. The molecule has 4 nitrogen and oxygen atoms in total. The molecule has 1 aromatic carbocycles. The van der Waals surface area contributed by atoms with Crippen molar-refractivity contribution in [3.05, 3.63) is 57.8 Å². The van der Waals surface area contributed by atoms with Gasteiger partial charge in [-0.05, 0) is 49.6 Å². The van der Waals surface area contributed by atoms with Crippen LogP contribution in [-0.2, 0) is 16.0 Å². The summed E-state index contributed by atoms with van der Waals surface area (Å²) in [5.41, 5.74) is 2.11. The molecule has 0 bridgehead atoms. The van der Waals surface area contributed by atoms with Crippen molar-refractivity contribution in [3.8, 4) is 0 Å². The highest BCUT2D eigenvalue weighted by Gasteiger charge is 2.37. The van der Waals surface area contributed by atoms with Gasteiger partial charge in [-0.25, -0.2) is 0 Å². The molecule has 1 fully saturated rings. The van der Waals surface area contributed by atoms with Gasteiger partial charge in [-0.2, -0.15) is 0 Å². The van der Waals surface area contributed by atoms with Crippen LogP contribution in [0.25, 0.3) is 0 Å². The van der Waals surface area contributed by atoms with E-state index in [9.17, 15) is 9.59 Å². The summed E-state index contributed by atoms with van der Waals surface area (Å²) in [5, 5.41) is 8.35. The summed E-state index contributed by atoms with van der Waals surface area (Å²) in [6, 6.07) is 12.6. The highest BCUT2D eigenvalue weighted by atomic mass is 32.1. The Kier molecular flexibility index (Phi) is 6.32. The van der Waals surface area contributed by atoms with Gasteiger partial charge in [0.15, 0.2) is 0 Å². The van der Waals surface area contributed by atoms with Crippen LogP contribution in [0.2, 0.25) is 0 Å². The fourth-order valence-electron chi connectivity index (χ4n) is 3.76. The molecule has 1 aliphatic heterocycles. The van der Waals surface area contributed by atoms with E-state index in [1.807, 2.05) is 11.4 Å². The molecule has 0 aliphatic carbocycles. The van der Waals surface area contributed by atoms with Gasteiger partial charge in [-0.1, -0.05) is 42.8 Å². The van der Waals surface area contributed by atoms with Crippen LogP contribution in [0.5, 0.6) is 0 Å². The number of rotatable bonds is 8. The molecular weight excluding hydrogens is 356 g/mol. The normalized spacial score (nSPS) is 20.3. The van der Waals surface area contributed by atoms with Crippen molar-refractivity contribution in [3.63, 3.8) is 0 Å². The number of benzene rings is 1. The molecule has 0 radical (unpaired) electrons. The summed E-state index contributed by atoms with van der Waals surface area (Å²) in [4.78, 5) is 25.7. The molecule has 0 spiro atoms. The van der Waals surface area contributed by atoms with Gasteiger partial charge in [0.1, 0.15) is 0 Å². The van der Waals surface area contributed by atoms with Crippen LogP contribution in [0.4, 0.5) is 0 Å². The van der Waals surface area contributed by atoms with Crippen LogP contribution in [0.1, 0.15) is 61.1 Å². The third kappa shape index (κ3) is 5.19. The fraction of sp³-hybridized carbons (Fsp3) is 0.455. The topological polar surface area (TPSA) is 58.2 Å². The molecule has 1 aromatic heterocycles. The summed E-state index contributed by atoms with van der Waals surface area (Å²) >= 11 is 1.67. The zero-order chi connectivity index (χ0) is 19.3. The minimum atomic E-state index is -0.311. The minimum Gasteiger partial charge on any atom is -0.350 e. The highest BCUT2D eigenvalue weighted by molar-refractivity contribution is 7.10. The second-order valence-corrected chi connectivity index (χ2v) is 8.51. The first-order valence-corrected chi connectivity index (χ1v) is 10.6. The largest absolute Gasteiger partial charge is 0.350 e.